The molecule has 0 radical (unpaired) electrons. The first-order valence-corrected chi connectivity index (χ1v) is 39.6. The molecule has 7 atom stereocenters. The molecule has 0 aliphatic heterocycles. The van der Waals surface area contributed by atoms with Crippen molar-refractivity contribution in [2.24, 2.45) is 11.8 Å². The third-order valence-corrected chi connectivity index (χ3v) is 18.8. The zero-order valence-corrected chi connectivity index (χ0v) is 59.5. The highest BCUT2D eigenvalue weighted by Crippen LogP contribution is 2.45. The van der Waals surface area contributed by atoms with Crippen LogP contribution in [0.1, 0.15) is 356 Å². The lowest BCUT2D eigenvalue weighted by atomic mass is 10.00. The molecule has 17 nitrogen and oxygen atoms in total. The maximum absolute atomic E-state index is 13.0. The van der Waals surface area contributed by atoms with E-state index in [0.29, 0.717) is 25.7 Å². The molecule has 528 valence electrons. The smallest absolute Gasteiger partial charge is 0.462 e. The lowest BCUT2D eigenvalue weighted by molar-refractivity contribution is -0.161. The van der Waals surface area contributed by atoms with Crippen molar-refractivity contribution in [1.82, 2.24) is 0 Å². The van der Waals surface area contributed by atoms with Crippen LogP contribution in [0.3, 0.4) is 0 Å². The van der Waals surface area contributed by atoms with Crippen molar-refractivity contribution in [3.05, 3.63) is 0 Å². The van der Waals surface area contributed by atoms with E-state index in [9.17, 15) is 43.2 Å². The summed E-state index contributed by atoms with van der Waals surface area (Å²) >= 11 is 0. The maximum Gasteiger partial charge on any atom is 0.472 e. The summed E-state index contributed by atoms with van der Waals surface area (Å²) in [5.74, 6) is -0.678. The molecule has 3 N–H and O–H groups in total. The third-order valence-electron chi connectivity index (χ3n) is 16.9. The van der Waals surface area contributed by atoms with E-state index in [1.165, 1.54) is 167 Å². The van der Waals surface area contributed by atoms with Gasteiger partial charge in [-0.3, -0.25) is 37.3 Å². The van der Waals surface area contributed by atoms with Crippen LogP contribution in [0.4, 0.5) is 0 Å². The summed E-state index contributed by atoms with van der Waals surface area (Å²) in [6.45, 7) is 9.45. The second-order valence-corrected chi connectivity index (χ2v) is 28.7. The normalized spacial score (nSPS) is 14.8. The molecule has 0 saturated heterocycles. The summed E-state index contributed by atoms with van der Waals surface area (Å²) < 4.78 is 68.2. The quantitative estimate of drug-likeness (QED) is 0.0222. The van der Waals surface area contributed by atoms with E-state index in [1.54, 1.807) is 0 Å². The van der Waals surface area contributed by atoms with Gasteiger partial charge in [-0.15, -0.1) is 0 Å². The Morgan fingerprint density at radius 3 is 0.798 bits per heavy atom. The molecule has 0 aliphatic rings. The van der Waals surface area contributed by atoms with Gasteiger partial charge in [-0.05, 0) is 37.5 Å². The van der Waals surface area contributed by atoms with Gasteiger partial charge >= 0.3 is 39.5 Å². The molecule has 0 bridgehead atoms. The summed E-state index contributed by atoms with van der Waals surface area (Å²) in [6.07, 6.45) is 47.3. The summed E-state index contributed by atoms with van der Waals surface area (Å²) in [7, 11) is -9.90. The van der Waals surface area contributed by atoms with Gasteiger partial charge in [0.2, 0.25) is 0 Å². The summed E-state index contributed by atoms with van der Waals surface area (Å²) in [5.41, 5.74) is 0. The minimum Gasteiger partial charge on any atom is -0.462 e. The monoisotopic (exact) mass is 1310 g/mol. The highest BCUT2D eigenvalue weighted by atomic mass is 31.2. The van der Waals surface area contributed by atoms with Gasteiger partial charge in [0.05, 0.1) is 26.4 Å². The molecule has 0 heterocycles. The molecule has 89 heavy (non-hydrogen) atoms. The van der Waals surface area contributed by atoms with Crippen LogP contribution in [0, 0.1) is 11.8 Å². The fraction of sp³-hybridized carbons (Fsp3) is 0.943. The first-order valence-electron chi connectivity index (χ1n) is 36.6. The molecule has 0 aliphatic carbocycles. The molecule has 0 amide bonds. The van der Waals surface area contributed by atoms with Gasteiger partial charge in [-0.25, -0.2) is 9.13 Å². The van der Waals surface area contributed by atoms with Gasteiger partial charge in [0.15, 0.2) is 12.2 Å². The molecular formula is C70H136O17P2. The Labute approximate surface area is 543 Å². The minimum atomic E-state index is -4.95. The predicted octanol–water partition coefficient (Wildman–Crippen LogP) is 20.0. The SMILES string of the molecule is CCCCCCCCCCCCCCCCCCCCCC(=O)O[C@H](COC(=O)CCCCCCCCC(C)CC)COP(=O)(O)OC[C@@H](O)COP(=O)(O)OC[C@@H](COC(=O)CCCCCCCCCCCC)OC(=O)CCCCCCCCC(C)CC. The number of aliphatic hydroxyl groups is 1. The number of phosphoric ester groups is 2. The second-order valence-electron chi connectivity index (χ2n) is 25.8. The Bertz CT molecular complexity index is 1740. The van der Waals surface area contributed by atoms with E-state index in [1.807, 2.05) is 0 Å². The van der Waals surface area contributed by atoms with Crippen LogP contribution in [0.5, 0.6) is 0 Å². The van der Waals surface area contributed by atoms with Crippen molar-refractivity contribution in [3.8, 4) is 0 Å². The van der Waals surface area contributed by atoms with E-state index < -0.39 is 97.5 Å². The molecule has 0 rings (SSSR count). The van der Waals surface area contributed by atoms with Crippen LogP contribution in [-0.2, 0) is 65.4 Å². The summed E-state index contributed by atoms with van der Waals surface area (Å²) in [4.78, 5) is 72.4. The average Bonchev–Trinajstić information content (AvgIpc) is 3.57. The van der Waals surface area contributed by atoms with E-state index in [-0.39, 0.29) is 25.7 Å². The van der Waals surface area contributed by atoms with Gasteiger partial charge in [-0.2, -0.15) is 0 Å². The topological polar surface area (TPSA) is 237 Å². The number of carbonyl (C=O) groups is 4. The Morgan fingerprint density at radius 2 is 0.539 bits per heavy atom. The highest BCUT2D eigenvalue weighted by Gasteiger charge is 2.30. The molecule has 0 fully saturated rings. The van der Waals surface area contributed by atoms with Crippen LogP contribution in [0.25, 0.3) is 0 Å². The number of carbonyl (C=O) groups excluding carboxylic acids is 4. The zero-order chi connectivity index (χ0) is 65.7. The first kappa shape index (κ1) is 87.1. The minimum absolute atomic E-state index is 0.103. The maximum atomic E-state index is 13.0. The van der Waals surface area contributed by atoms with Gasteiger partial charge in [0, 0.05) is 25.7 Å². The number of ether oxygens (including phenoxy) is 4. The summed E-state index contributed by atoms with van der Waals surface area (Å²) in [5, 5.41) is 10.6. The Hall–Kier alpha value is -1.94. The molecule has 0 aromatic rings. The number of rotatable bonds is 69. The number of phosphoric acid groups is 2. The number of aliphatic hydroxyl groups excluding tert-OH is 1. The van der Waals surface area contributed by atoms with E-state index in [2.05, 4.69) is 41.5 Å². The van der Waals surface area contributed by atoms with Crippen LogP contribution < -0.4 is 0 Å². The Balaban J connectivity index is 5.19. The largest absolute Gasteiger partial charge is 0.472 e. The van der Waals surface area contributed by atoms with Crippen molar-refractivity contribution in [1.29, 1.82) is 0 Å². The lowest BCUT2D eigenvalue weighted by Crippen LogP contribution is -2.30. The number of hydrogen-bond donors (Lipinski definition) is 3. The predicted molar refractivity (Wildman–Crippen MR) is 358 cm³/mol. The Kier molecular flexibility index (Phi) is 60.8. The van der Waals surface area contributed by atoms with Crippen molar-refractivity contribution in [2.45, 2.75) is 374 Å². The molecule has 0 spiro atoms. The fourth-order valence-corrected chi connectivity index (χ4v) is 12.1. The van der Waals surface area contributed by atoms with Gasteiger partial charge in [0.25, 0.3) is 0 Å². The lowest BCUT2D eigenvalue weighted by Gasteiger charge is -2.21. The number of hydrogen-bond acceptors (Lipinski definition) is 15. The number of esters is 4. The van der Waals surface area contributed by atoms with E-state index in [0.717, 1.165) is 108 Å². The first-order chi connectivity index (χ1) is 42.9. The Morgan fingerprint density at radius 1 is 0.315 bits per heavy atom. The molecule has 4 unspecified atom stereocenters. The van der Waals surface area contributed by atoms with Crippen LogP contribution in [0.2, 0.25) is 0 Å². The van der Waals surface area contributed by atoms with Crippen LogP contribution in [-0.4, -0.2) is 96.7 Å². The average molecular weight is 1310 g/mol. The van der Waals surface area contributed by atoms with Gasteiger partial charge in [0.1, 0.15) is 19.3 Å². The molecule has 0 aromatic carbocycles. The van der Waals surface area contributed by atoms with E-state index in [4.69, 9.17) is 37.0 Å². The second kappa shape index (κ2) is 62.2. The van der Waals surface area contributed by atoms with Crippen molar-refractivity contribution >= 4 is 39.5 Å². The molecular weight excluding hydrogens is 1170 g/mol. The van der Waals surface area contributed by atoms with Crippen molar-refractivity contribution < 1.29 is 80.2 Å². The molecule has 0 aromatic heterocycles. The van der Waals surface area contributed by atoms with Crippen molar-refractivity contribution in [2.75, 3.05) is 39.6 Å². The highest BCUT2D eigenvalue weighted by molar-refractivity contribution is 7.47. The van der Waals surface area contributed by atoms with Crippen LogP contribution in [0.15, 0.2) is 0 Å². The van der Waals surface area contributed by atoms with Gasteiger partial charge in [-0.1, -0.05) is 305 Å². The number of unbranched alkanes of at least 4 members (excludes halogenated alkanes) is 37. The van der Waals surface area contributed by atoms with Gasteiger partial charge < -0.3 is 33.8 Å². The molecule has 19 heteroatoms. The van der Waals surface area contributed by atoms with E-state index >= 15 is 0 Å². The third kappa shape index (κ3) is 62.0. The fourth-order valence-electron chi connectivity index (χ4n) is 10.5. The van der Waals surface area contributed by atoms with Crippen molar-refractivity contribution in [3.63, 3.8) is 0 Å². The summed E-state index contributed by atoms with van der Waals surface area (Å²) in [6, 6.07) is 0. The standard InChI is InChI=1S/C70H136O17P2/c1-7-11-13-15-17-19-21-22-23-24-25-26-27-28-29-31-33-42-48-54-69(74)86-65(59-81-68(73)53-47-41-36-34-38-44-50-62(5)9-3)60-84-88(76,77)82-56-64(71)57-83-89(78,79)85-61-66(87-70(75)55-49-43-37-35-39-45-51-63(6)10-4)58-80-67(72)52-46-40-32-30-20-18-16-14-12-8-2/h62-66,71H,7-61H2,1-6H3,(H,76,77)(H,78,79)/t62?,63?,64-,65-,66-/m1/s1. The zero-order valence-electron chi connectivity index (χ0n) is 57.7. The van der Waals surface area contributed by atoms with Crippen LogP contribution >= 0.6 is 15.6 Å². The molecule has 0 saturated carbocycles.